The maximum atomic E-state index is 14.3. The third-order valence-corrected chi connectivity index (χ3v) is 8.72. The summed E-state index contributed by atoms with van der Waals surface area (Å²) in [7, 11) is 0. The molecule has 1 aromatic heterocycles. The van der Waals surface area contributed by atoms with E-state index < -0.39 is 58.4 Å². The van der Waals surface area contributed by atoms with Gasteiger partial charge in [-0.3, -0.25) is 14.4 Å². The smallest absolute Gasteiger partial charge is 0.274 e. The molecule has 12 heteroatoms. The molecule has 4 aliphatic heterocycles. The second kappa shape index (κ2) is 9.60. The van der Waals surface area contributed by atoms with Gasteiger partial charge in [-0.05, 0) is 57.2 Å². The predicted molar refractivity (Wildman–Crippen MR) is 140 cm³/mol. The number of hydrogen-bond donors (Lipinski definition) is 2. The van der Waals surface area contributed by atoms with Gasteiger partial charge in [0.05, 0.1) is 12.5 Å². The lowest BCUT2D eigenvalue weighted by molar-refractivity contribution is -0.0655. The molecule has 10 nitrogen and oxygen atoms in total. The van der Waals surface area contributed by atoms with Crippen molar-refractivity contribution >= 4 is 17.6 Å². The van der Waals surface area contributed by atoms with Crippen LogP contribution in [-0.4, -0.2) is 68.4 Å². The molecule has 2 fully saturated rings. The van der Waals surface area contributed by atoms with Crippen LogP contribution in [0.2, 0.25) is 0 Å². The number of aromatic hydroxyl groups is 1. The van der Waals surface area contributed by atoms with Crippen LogP contribution >= 0.6 is 0 Å². The zero-order valence-electron chi connectivity index (χ0n) is 22.4. The van der Waals surface area contributed by atoms with Crippen molar-refractivity contribution < 1.29 is 28.3 Å². The minimum absolute atomic E-state index is 0.167. The minimum atomic E-state index is -1.04. The third-order valence-electron chi connectivity index (χ3n) is 8.72. The number of benzene rings is 1. The number of halogens is 2. The Bertz CT molecular complexity index is 1480. The molecular formula is C28H31F2N5O5. The number of carbonyl (C=O) groups excluding carboxylic acids is 2. The predicted octanol–water partition coefficient (Wildman–Crippen LogP) is 2.82. The molecule has 2 bridgehead atoms. The van der Waals surface area contributed by atoms with Gasteiger partial charge >= 0.3 is 0 Å². The van der Waals surface area contributed by atoms with Crippen molar-refractivity contribution in [3.8, 4) is 5.75 Å². The molecule has 2 saturated heterocycles. The maximum absolute atomic E-state index is 14.3. The Hall–Kier alpha value is -3.96. The van der Waals surface area contributed by atoms with Gasteiger partial charge in [0.15, 0.2) is 17.0 Å². The molecule has 0 unspecified atom stereocenters. The average molecular weight is 556 g/mol. The number of rotatable bonds is 3. The Labute approximate surface area is 229 Å². The molecule has 4 aliphatic rings. The number of carbonyl (C=O) groups is 2. The van der Waals surface area contributed by atoms with Gasteiger partial charge < -0.3 is 29.6 Å². The summed E-state index contributed by atoms with van der Waals surface area (Å²) in [6, 6.07) is 1.58. The largest absolute Gasteiger partial charge is 0.503 e. The fraction of sp³-hybridized carbons (Fsp3) is 0.500. The van der Waals surface area contributed by atoms with Gasteiger partial charge in [0.2, 0.25) is 5.43 Å². The van der Waals surface area contributed by atoms with Crippen molar-refractivity contribution in [1.82, 2.24) is 19.7 Å². The molecule has 2 amide bonds. The number of likely N-dealkylation sites (tertiary alicyclic amines) is 1. The number of hydrogen-bond acceptors (Lipinski definition) is 7. The molecule has 1 spiro atoms. The van der Waals surface area contributed by atoms with Crippen molar-refractivity contribution in [2.45, 2.75) is 70.2 Å². The summed E-state index contributed by atoms with van der Waals surface area (Å²) >= 11 is 0. The average Bonchev–Trinajstić information content (AvgIpc) is 3.57. The zero-order valence-corrected chi connectivity index (χ0v) is 22.4. The van der Waals surface area contributed by atoms with E-state index in [4.69, 9.17) is 4.84 Å². The van der Waals surface area contributed by atoms with E-state index in [1.54, 1.807) is 11.8 Å². The number of aromatic nitrogens is 1. The molecular weight excluding hydrogens is 524 g/mol. The van der Waals surface area contributed by atoms with E-state index in [1.807, 2.05) is 6.92 Å². The molecule has 1 aromatic carbocycles. The number of amidine groups is 1. The number of nitrogens with zero attached hydrogens (tertiary/aromatic N) is 4. The standard InChI is InChI=1S/C28H31F2N5O5/c1-15-9-19(29)17(20(30)10-15)12-31-26(38)18-13-35-21-14-34(27(39)23(35)25(37)24(18)36)16(2)5-6-28(21)11-22(32-40-28)33-7-3-4-8-33/h9-10,13,16,21,37H,3-8,11-12,14H2,1-2H3,(H,31,38)/t16-,21+,28-/m0/s1. The molecule has 6 rings (SSSR count). The fourth-order valence-electron chi connectivity index (χ4n) is 6.40. The molecule has 0 saturated carbocycles. The lowest BCUT2D eigenvalue weighted by Gasteiger charge is -2.41. The highest BCUT2D eigenvalue weighted by Gasteiger charge is 2.55. The summed E-state index contributed by atoms with van der Waals surface area (Å²) < 4.78 is 30.1. The number of oxime groups is 1. The van der Waals surface area contributed by atoms with E-state index in [-0.39, 0.29) is 23.8 Å². The van der Waals surface area contributed by atoms with Gasteiger partial charge in [-0.2, -0.15) is 0 Å². The van der Waals surface area contributed by atoms with Crippen LogP contribution in [0.3, 0.4) is 0 Å². The van der Waals surface area contributed by atoms with Crippen molar-refractivity contribution in [2.24, 2.45) is 5.16 Å². The van der Waals surface area contributed by atoms with Crippen LogP contribution in [0, 0.1) is 18.6 Å². The molecule has 40 heavy (non-hydrogen) atoms. The summed E-state index contributed by atoms with van der Waals surface area (Å²) in [4.78, 5) is 49.8. The second-order valence-corrected chi connectivity index (χ2v) is 11.3. The Morgan fingerprint density at radius 3 is 2.62 bits per heavy atom. The zero-order chi connectivity index (χ0) is 28.3. The quantitative estimate of drug-likeness (QED) is 0.602. The molecule has 2 N–H and O–H groups in total. The first-order valence-electron chi connectivity index (χ1n) is 13.6. The first-order chi connectivity index (χ1) is 19.1. The lowest BCUT2D eigenvalue weighted by Crippen LogP contribution is -2.52. The number of amides is 2. The van der Waals surface area contributed by atoms with Gasteiger partial charge in [0.1, 0.15) is 23.0 Å². The third kappa shape index (κ3) is 4.11. The molecule has 212 valence electrons. The van der Waals surface area contributed by atoms with Crippen LogP contribution in [0.1, 0.15) is 77.0 Å². The van der Waals surface area contributed by atoms with Crippen LogP contribution in [0.5, 0.6) is 5.75 Å². The molecule has 0 aliphatic carbocycles. The minimum Gasteiger partial charge on any atom is -0.503 e. The maximum Gasteiger partial charge on any atom is 0.274 e. The summed E-state index contributed by atoms with van der Waals surface area (Å²) in [5.41, 5.74) is -2.50. The van der Waals surface area contributed by atoms with Crippen LogP contribution in [0.15, 0.2) is 28.3 Å². The Balaban J connectivity index is 1.37. The van der Waals surface area contributed by atoms with E-state index in [2.05, 4.69) is 15.4 Å². The monoisotopic (exact) mass is 555 g/mol. The van der Waals surface area contributed by atoms with Gasteiger partial charge in [0.25, 0.3) is 11.8 Å². The normalized spacial score (nSPS) is 25.5. The van der Waals surface area contributed by atoms with Crippen molar-refractivity contribution in [3.63, 3.8) is 0 Å². The molecule has 0 radical (unpaired) electrons. The van der Waals surface area contributed by atoms with E-state index in [0.717, 1.165) is 43.9 Å². The van der Waals surface area contributed by atoms with Crippen molar-refractivity contribution in [1.29, 1.82) is 0 Å². The molecule has 2 aromatic rings. The Morgan fingerprint density at radius 1 is 1.23 bits per heavy atom. The summed E-state index contributed by atoms with van der Waals surface area (Å²) in [6.07, 6.45) is 5.09. The number of pyridine rings is 1. The number of aryl methyl sites for hydroxylation is 1. The van der Waals surface area contributed by atoms with Gasteiger partial charge in [-0.25, -0.2) is 8.78 Å². The first-order valence-corrected chi connectivity index (χ1v) is 13.6. The highest BCUT2D eigenvalue weighted by molar-refractivity contribution is 5.99. The van der Waals surface area contributed by atoms with E-state index >= 15 is 0 Å². The lowest BCUT2D eigenvalue weighted by atomic mass is 9.85. The van der Waals surface area contributed by atoms with Gasteiger partial charge in [-0.1, -0.05) is 5.16 Å². The van der Waals surface area contributed by atoms with Crippen LogP contribution in [-0.2, 0) is 11.4 Å². The summed E-state index contributed by atoms with van der Waals surface area (Å²) in [6.45, 7) is 4.98. The number of fused-ring (bicyclic) bond motifs is 5. The summed E-state index contributed by atoms with van der Waals surface area (Å²) in [5.74, 6) is -3.09. The SMILES string of the molecule is Cc1cc(F)c(CNC(=O)c2cn3c(c(O)c2=O)C(=O)N2C[C@@H]3[C@]3(CC[C@@H]2C)CC(N2CCCC2)=NO3)c(F)c1. The summed E-state index contributed by atoms with van der Waals surface area (Å²) in [5, 5.41) is 17.8. The number of nitrogens with one attached hydrogen (secondary N) is 1. The van der Waals surface area contributed by atoms with E-state index in [0.29, 0.717) is 24.8 Å². The molecule has 3 atom stereocenters. The van der Waals surface area contributed by atoms with Crippen molar-refractivity contribution in [2.75, 3.05) is 19.6 Å². The fourth-order valence-corrected chi connectivity index (χ4v) is 6.40. The molecule has 5 heterocycles. The second-order valence-electron chi connectivity index (χ2n) is 11.3. The van der Waals surface area contributed by atoms with E-state index in [1.165, 1.54) is 10.8 Å². The Kier molecular flexibility index (Phi) is 6.30. The topological polar surface area (TPSA) is 116 Å². The van der Waals surface area contributed by atoms with Gasteiger partial charge in [-0.15, -0.1) is 0 Å². The van der Waals surface area contributed by atoms with E-state index in [9.17, 15) is 28.3 Å². The first kappa shape index (κ1) is 26.3. The Morgan fingerprint density at radius 2 is 1.93 bits per heavy atom. The van der Waals surface area contributed by atoms with Crippen molar-refractivity contribution in [3.05, 3.63) is 62.6 Å². The van der Waals surface area contributed by atoms with Crippen LogP contribution < -0.4 is 10.7 Å². The highest BCUT2D eigenvalue weighted by atomic mass is 19.1. The van der Waals surface area contributed by atoms with Crippen LogP contribution in [0.25, 0.3) is 0 Å². The highest BCUT2D eigenvalue weighted by Crippen LogP contribution is 2.46. The van der Waals surface area contributed by atoms with Crippen LogP contribution in [0.4, 0.5) is 8.78 Å². The van der Waals surface area contributed by atoms with Gasteiger partial charge in [0, 0.05) is 44.0 Å².